The number of nitrogens with zero attached hydrogens (tertiary/aromatic N) is 4. The van der Waals surface area contributed by atoms with Gasteiger partial charge in [0, 0.05) is 6.20 Å². The molecule has 1 aliphatic heterocycles. The van der Waals surface area contributed by atoms with E-state index in [-0.39, 0.29) is 23.1 Å². The lowest BCUT2D eigenvalue weighted by Gasteiger charge is -2.02. The molecule has 2 heterocycles. The summed E-state index contributed by atoms with van der Waals surface area (Å²) in [6, 6.07) is 3.04. The SMILES string of the molecule is NC1=NN=C(N)C1=NNc1cccnc1F. The van der Waals surface area contributed by atoms with Crippen LogP contribution in [0.4, 0.5) is 10.1 Å². The van der Waals surface area contributed by atoms with Crippen molar-refractivity contribution in [1.29, 1.82) is 0 Å². The van der Waals surface area contributed by atoms with Gasteiger partial charge in [-0.05, 0) is 12.1 Å². The Morgan fingerprint density at radius 1 is 1.25 bits per heavy atom. The van der Waals surface area contributed by atoms with Crippen molar-refractivity contribution in [1.82, 2.24) is 4.98 Å². The lowest BCUT2D eigenvalue weighted by atomic mass is 10.3. The van der Waals surface area contributed by atoms with Crippen LogP contribution in [0.2, 0.25) is 0 Å². The number of rotatable bonds is 2. The van der Waals surface area contributed by atoms with Gasteiger partial charge in [-0.2, -0.15) is 9.49 Å². The van der Waals surface area contributed by atoms with Crippen molar-refractivity contribution in [2.24, 2.45) is 26.8 Å². The van der Waals surface area contributed by atoms with E-state index in [1.807, 2.05) is 0 Å². The smallest absolute Gasteiger partial charge is 0.238 e. The molecule has 0 saturated heterocycles. The minimum atomic E-state index is -0.670. The van der Waals surface area contributed by atoms with Crippen LogP contribution in [0.15, 0.2) is 33.6 Å². The molecule has 8 heteroatoms. The molecule has 0 spiro atoms. The molecule has 5 N–H and O–H groups in total. The van der Waals surface area contributed by atoms with Gasteiger partial charge in [-0.15, -0.1) is 10.2 Å². The van der Waals surface area contributed by atoms with Crippen molar-refractivity contribution in [3.05, 3.63) is 24.3 Å². The van der Waals surface area contributed by atoms with E-state index in [0.29, 0.717) is 0 Å². The fraction of sp³-hybridized carbons (Fsp3) is 0. The number of amidine groups is 2. The van der Waals surface area contributed by atoms with E-state index < -0.39 is 5.95 Å². The van der Waals surface area contributed by atoms with Crippen molar-refractivity contribution < 1.29 is 4.39 Å². The molecule has 82 valence electrons. The van der Waals surface area contributed by atoms with Crippen LogP contribution in [0.5, 0.6) is 0 Å². The quantitative estimate of drug-likeness (QED) is 0.467. The number of nitrogens with one attached hydrogen (secondary N) is 1. The van der Waals surface area contributed by atoms with Gasteiger partial charge in [0.05, 0.1) is 0 Å². The summed E-state index contributed by atoms with van der Waals surface area (Å²) < 4.78 is 13.1. The third-order valence-electron chi connectivity index (χ3n) is 1.80. The molecule has 7 nitrogen and oxygen atoms in total. The van der Waals surface area contributed by atoms with E-state index in [4.69, 9.17) is 11.5 Å². The Kier molecular flexibility index (Phi) is 2.46. The lowest BCUT2D eigenvalue weighted by molar-refractivity contribution is 0.587. The van der Waals surface area contributed by atoms with Crippen LogP contribution < -0.4 is 16.9 Å². The summed E-state index contributed by atoms with van der Waals surface area (Å²) in [6.45, 7) is 0. The van der Waals surface area contributed by atoms with Gasteiger partial charge < -0.3 is 11.5 Å². The first kappa shape index (κ1) is 10.0. The van der Waals surface area contributed by atoms with Gasteiger partial charge in [-0.3, -0.25) is 5.43 Å². The molecule has 0 amide bonds. The van der Waals surface area contributed by atoms with E-state index in [1.165, 1.54) is 12.3 Å². The van der Waals surface area contributed by atoms with Crippen molar-refractivity contribution >= 4 is 23.1 Å². The number of pyridine rings is 1. The van der Waals surface area contributed by atoms with Gasteiger partial charge in [0.25, 0.3) is 0 Å². The second kappa shape index (κ2) is 3.93. The van der Waals surface area contributed by atoms with E-state index in [2.05, 4.69) is 25.7 Å². The van der Waals surface area contributed by atoms with Crippen LogP contribution in [-0.4, -0.2) is 22.4 Å². The molecule has 1 aliphatic rings. The molecule has 1 aromatic heterocycles. The first-order chi connectivity index (χ1) is 7.68. The summed E-state index contributed by atoms with van der Waals surface area (Å²) in [5.74, 6) is -0.514. The minimum absolute atomic E-state index is 0.0781. The van der Waals surface area contributed by atoms with Crippen molar-refractivity contribution in [2.75, 3.05) is 5.43 Å². The van der Waals surface area contributed by atoms with Gasteiger partial charge in [-0.1, -0.05) is 0 Å². The predicted molar refractivity (Wildman–Crippen MR) is 58.5 cm³/mol. The predicted octanol–water partition coefficient (Wildman–Crippen LogP) is -0.368. The van der Waals surface area contributed by atoms with E-state index in [1.54, 1.807) is 6.07 Å². The highest BCUT2D eigenvalue weighted by Gasteiger charge is 2.16. The van der Waals surface area contributed by atoms with Crippen molar-refractivity contribution in [3.63, 3.8) is 0 Å². The Morgan fingerprint density at radius 2 is 1.94 bits per heavy atom. The van der Waals surface area contributed by atoms with E-state index >= 15 is 0 Å². The fourth-order valence-electron chi connectivity index (χ4n) is 1.03. The van der Waals surface area contributed by atoms with E-state index in [9.17, 15) is 4.39 Å². The van der Waals surface area contributed by atoms with Crippen LogP contribution in [0, 0.1) is 5.95 Å². The molecule has 0 unspecified atom stereocenters. The number of anilines is 1. The van der Waals surface area contributed by atoms with Crippen LogP contribution in [0.25, 0.3) is 0 Å². The first-order valence-electron chi connectivity index (χ1n) is 4.30. The maximum atomic E-state index is 13.1. The van der Waals surface area contributed by atoms with Gasteiger partial charge in [0.2, 0.25) is 5.95 Å². The Balaban J connectivity index is 2.19. The second-order valence-corrected chi connectivity index (χ2v) is 2.88. The maximum absolute atomic E-state index is 13.1. The zero-order chi connectivity index (χ0) is 11.5. The highest BCUT2D eigenvalue weighted by Crippen LogP contribution is 2.09. The third kappa shape index (κ3) is 1.80. The fourth-order valence-corrected chi connectivity index (χ4v) is 1.03. The molecule has 0 aliphatic carbocycles. The normalized spacial score (nSPS) is 14.4. The lowest BCUT2D eigenvalue weighted by Crippen LogP contribution is -2.32. The van der Waals surface area contributed by atoms with Crippen LogP contribution in [0.1, 0.15) is 0 Å². The maximum Gasteiger partial charge on any atom is 0.238 e. The number of hydrazone groups is 1. The third-order valence-corrected chi connectivity index (χ3v) is 1.80. The van der Waals surface area contributed by atoms with Gasteiger partial charge >= 0.3 is 0 Å². The summed E-state index contributed by atoms with van der Waals surface area (Å²) in [5.41, 5.74) is 13.6. The topological polar surface area (TPSA) is 114 Å². The number of halogens is 1. The molecule has 0 aromatic carbocycles. The first-order valence-corrected chi connectivity index (χ1v) is 4.30. The molecule has 0 bridgehead atoms. The molecule has 2 rings (SSSR count). The van der Waals surface area contributed by atoms with Crippen LogP contribution >= 0.6 is 0 Å². The van der Waals surface area contributed by atoms with Crippen molar-refractivity contribution in [3.8, 4) is 0 Å². The number of hydrogen-bond donors (Lipinski definition) is 3. The monoisotopic (exact) mass is 221 g/mol. The average Bonchev–Trinajstić information content (AvgIpc) is 2.58. The molecule has 0 fully saturated rings. The summed E-state index contributed by atoms with van der Waals surface area (Å²) in [5, 5.41) is 10.8. The Labute approximate surface area is 89.8 Å². The number of hydrogen-bond acceptors (Lipinski definition) is 7. The molecule has 0 radical (unpaired) electrons. The standard InChI is InChI=1S/C8H8FN7/c9-6-4(2-1-3-12-6)13-14-5-7(10)15-16-8(5)11/h1-3,13H,(H4,10,11,14,15,16). The summed E-state index contributed by atoms with van der Waals surface area (Å²) in [4.78, 5) is 3.44. The van der Waals surface area contributed by atoms with E-state index in [0.717, 1.165) is 0 Å². The van der Waals surface area contributed by atoms with Gasteiger partial charge in [-0.25, -0.2) is 4.98 Å². The summed E-state index contributed by atoms with van der Waals surface area (Å²) >= 11 is 0. The minimum Gasteiger partial charge on any atom is -0.380 e. The zero-order valence-electron chi connectivity index (χ0n) is 8.05. The molecular formula is C8H8FN7. The Bertz CT molecular complexity index is 485. The number of nitrogens with two attached hydrogens (primary N) is 2. The van der Waals surface area contributed by atoms with Crippen molar-refractivity contribution in [2.45, 2.75) is 0 Å². The van der Waals surface area contributed by atoms with Gasteiger partial charge in [0.1, 0.15) is 5.69 Å². The van der Waals surface area contributed by atoms with Crippen LogP contribution in [0.3, 0.4) is 0 Å². The highest BCUT2D eigenvalue weighted by molar-refractivity contribution is 6.68. The Morgan fingerprint density at radius 3 is 2.56 bits per heavy atom. The molecule has 16 heavy (non-hydrogen) atoms. The summed E-state index contributed by atoms with van der Waals surface area (Å²) in [6.07, 6.45) is 1.33. The summed E-state index contributed by atoms with van der Waals surface area (Å²) in [7, 11) is 0. The Hall–Kier alpha value is -2.51. The second-order valence-electron chi connectivity index (χ2n) is 2.88. The van der Waals surface area contributed by atoms with Gasteiger partial charge in [0.15, 0.2) is 17.4 Å². The highest BCUT2D eigenvalue weighted by atomic mass is 19.1. The number of aromatic nitrogens is 1. The largest absolute Gasteiger partial charge is 0.380 e. The molecular weight excluding hydrogens is 213 g/mol. The molecule has 0 saturated carbocycles. The molecule has 1 aromatic rings. The average molecular weight is 221 g/mol. The van der Waals surface area contributed by atoms with Crippen LogP contribution in [-0.2, 0) is 0 Å². The zero-order valence-corrected chi connectivity index (χ0v) is 8.05. The molecule has 0 atom stereocenters.